The van der Waals surface area contributed by atoms with Crippen LogP contribution in [0.25, 0.3) is 10.9 Å². The zero-order valence-corrected chi connectivity index (χ0v) is 12.9. The standard InChI is InChI=1S/C18H16FN3O2/c19-13-5-3-4-12(10-13)16-11-22(8-9-24-16)18(23)17-14-6-1-2-7-15(14)20-21-17/h1-7,10,16H,8-9,11H2,(H,20,21)/t16-/m0/s1. The minimum absolute atomic E-state index is 0.142. The molecule has 122 valence electrons. The molecule has 3 aromatic rings. The van der Waals surface area contributed by atoms with E-state index in [2.05, 4.69) is 10.2 Å². The van der Waals surface area contributed by atoms with Crippen molar-refractivity contribution in [3.63, 3.8) is 0 Å². The molecule has 0 radical (unpaired) electrons. The Kier molecular flexibility index (Phi) is 3.74. The molecule has 1 aliphatic heterocycles. The third kappa shape index (κ3) is 2.65. The van der Waals surface area contributed by atoms with Crippen LogP contribution in [0.15, 0.2) is 48.5 Å². The monoisotopic (exact) mass is 325 g/mol. The van der Waals surface area contributed by atoms with Crippen LogP contribution in [0.1, 0.15) is 22.2 Å². The molecule has 4 rings (SSSR count). The van der Waals surface area contributed by atoms with Crippen molar-refractivity contribution in [2.75, 3.05) is 19.7 Å². The van der Waals surface area contributed by atoms with Gasteiger partial charge in [-0.05, 0) is 23.8 Å². The third-order valence-electron chi connectivity index (χ3n) is 4.25. The van der Waals surface area contributed by atoms with E-state index in [9.17, 15) is 9.18 Å². The van der Waals surface area contributed by atoms with Crippen LogP contribution < -0.4 is 0 Å². The SMILES string of the molecule is O=C(c1n[nH]c2ccccc12)N1CCO[C@H](c2cccc(F)c2)C1. The van der Waals surface area contributed by atoms with Crippen molar-refractivity contribution in [1.82, 2.24) is 15.1 Å². The predicted octanol–water partition coefficient (Wildman–Crippen LogP) is 2.92. The van der Waals surface area contributed by atoms with Crippen molar-refractivity contribution >= 4 is 16.8 Å². The van der Waals surface area contributed by atoms with Gasteiger partial charge in [-0.1, -0.05) is 30.3 Å². The van der Waals surface area contributed by atoms with Crippen LogP contribution in [0.2, 0.25) is 0 Å². The van der Waals surface area contributed by atoms with Gasteiger partial charge in [0.1, 0.15) is 11.9 Å². The second-order valence-corrected chi connectivity index (χ2v) is 5.78. The summed E-state index contributed by atoms with van der Waals surface area (Å²) < 4.78 is 19.1. The highest BCUT2D eigenvalue weighted by Crippen LogP contribution is 2.25. The fourth-order valence-electron chi connectivity index (χ4n) is 3.02. The molecule has 2 aromatic carbocycles. The predicted molar refractivity (Wildman–Crippen MR) is 87.1 cm³/mol. The zero-order chi connectivity index (χ0) is 16.5. The van der Waals surface area contributed by atoms with Gasteiger partial charge in [-0.15, -0.1) is 0 Å². The summed E-state index contributed by atoms with van der Waals surface area (Å²) in [5.41, 5.74) is 1.97. The lowest BCUT2D eigenvalue weighted by molar-refractivity contribution is -0.0230. The minimum atomic E-state index is -0.330. The maximum absolute atomic E-state index is 13.4. The van der Waals surface area contributed by atoms with E-state index in [4.69, 9.17) is 4.74 Å². The Hall–Kier alpha value is -2.73. The molecule has 0 aliphatic carbocycles. The smallest absolute Gasteiger partial charge is 0.275 e. The number of rotatable bonds is 2. The third-order valence-corrected chi connectivity index (χ3v) is 4.25. The lowest BCUT2D eigenvalue weighted by Crippen LogP contribution is -2.42. The van der Waals surface area contributed by atoms with Gasteiger partial charge in [0.15, 0.2) is 5.69 Å². The molecule has 1 saturated heterocycles. The highest BCUT2D eigenvalue weighted by Gasteiger charge is 2.28. The van der Waals surface area contributed by atoms with Crippen LogP contribution in [-0.4, -0.2) is 40.7 Å². The van der Waals surface area contributed by atoms with Gasteiger partial charge in [-0.2, -0.15) is 5.10 Å². The molecule has 2 heterocycles. The normalized spacial score (nSPS) is 18.0. The van der Waals surface area contributed by atoms with Crippen LogP contribution in [0.3, 0.4) is 0 Å². The van der Waals surface area contributed by atoms with Crippen molar-refractivity contribution in [1.29, 1.82) is 0 Å². The van der Waals surface area contributed by atoms with Crippen LogP contribution >= 0.6 is 0 Å². The summed E-state index contributed by atoms with van der Waals surface area (Å²) in [6, 6.07) is 13.8. The van der Waals surface area contributed by atoms with E-state index in [-0.39, 0.29) is 17.8 Å². The fraction of sp³-hybridized carbons (Fsp3) is 0.222. The minimum Gasteiger partial charge on any atom is -0.370 e. The molecule has 0 saturated carbocycles. The second-order valence-electron chi connectivity index (χ2n) is 5.78. The highest BCUT2D eigenvalue weighted by atomic mass is 19.1. The molecule has 1 aliphatic rings. The Morgan fingerprint density at radius 2 is 2.12 bits per heavy atom. The maximum atomic E-state index is 13.4. The van der Waals surface area contributed by atoms with Gasteiger partial charge in [0.05, 0.1) is 18.7 Å². The van der Waals surface area contributed by atoms with E-state index in [1.54, 1.807) is 11.0 Å². The summed E-state index contributed by atoms with van der Waals surface area (Å²) in [5.74, 6) is -0.449. The van der Waals surface area contributed by atoms with Gasteiger partial charge in [0.25, 0.3) is 5.91 Å². The number of carbonyl (C=O) groups is 1. The second kappa shape index (κ2) is 6.05. The Morgan fingerprint density at radius 3 is 3.00 bits per heavy atom. The molecular formula is C18H16FN3O2. The number of ether oxygens (including phenoxy) is 1. The molecule has 1 fully saturated rings. The number of carbonyl (C=O) groups excluding carboxylic acids is 1. The summed E-state index contributed by atoms with van der Waals surface area (Å²) in [6.07, 6.45) is -0.330. The molecule has 6 heteroatoms. The summed E-state index contributed by atoms with van der Waals surface area (Å²) in [6.45, 7) is 1.28. The number of hydrogen-bond acceptors (Lipinski definition) is 3. The number of H-pyrrole nitrogens is 1. The van der Waals surface area contributed by atoms with Crippen molar-refractivity contribution < 1.29 is 13.9 Å². The summed E-state index contributed by atoms with van der Waals surface area (Å²) in [4.78, 5) is 14.5. The zero-order valence-electron chi connectivity index (χ0n) is 12.9. The van der Waals surface area contributed by atoms with E-state index >= 15 is 0 Å². The lowest BCUT2D eigenvalue weighted by atomic mass is 10.1. The van der Waals surface area contributed by atoms with Gasteiger partial charge < -0.3 is 9.64 Å². The average Bonchev–Trinajstić information content (AvgIpc) is 3.05. The quantitative estimate of drug-likeness (QED) is 0.788. The number of nitrogens with one attached hydrogen (secondary N) is 1. The number of fused-ring (bicyclic) bond motifs is 1. The number of para-hydroxylation sites is 1. The van der Waals surface area contributed by atoms with Crippen LogP contribution in [0, 0.1) is 5.82 Å². The van der Waals surface area contributed by atoms with Gasteiger partial charge in [-0.3, -0.25) is 9.89 Å². The molecule has 1 aromatic heterocycles. The molecule has 0 spiro atoms. The van der Waals surface area contributed by atoms with E-state index in [0.717, 1.165) is 16.5 Å². The first-order valence-corrected chi connectivity index (χ1v) is 7.82. The molecular weight excluding hydrogens is 309 g/mol. The number of hydrogen-bond donors (Lipinski definition) is 1. The number of nitrogens with zero attached hydrogens (tertiary/aromatic N) is 2. The number of amides is 1. The Bertz CT molecular complexity index is 893. The number of aromatic amines is 1. The lowest BCUT2D eigenvalue weighted by Gasteiger charge is -2.32. The Morgan fingerprint density at radius 1 is 1.25 bits per heavy atom. The van der Waals surface area contributed by atoms with Gasteiger partial charge in [-0.25, -0.2) is 4.39 Å². The number of aromatic nitrogens is 2. The largest absolute Gasteiger partial charge is 0.370 e. The summed E-state index contributed by atoms with van der Waals surface area (Å²) >= 11 is 0. The highest BCUT2D eigenvalue weighted by molar-refractivity contribution is 6.04. The molecule has 1 atom stereocenters. The van der Waals surface area contributed by atoms with Gasteiger partial charge in [0.2, 0.25) is 0 Å². The molecule has 24 heavy (non-hydrogen) atoms. The van der Waals surface area contributed by atoms with Crippen molar-refractivity contribution in [2.24, 2.45) is 0 Å². The van der Waals surface area contributed by atoms with Crippen LogP contribution in [0.5, 0.6) is 0 Å². The van der Waals surface area contributed by atoms with Crippen LogP contribution in [-0.2, 0) is 4.74 Å². The first-order chi connectivity index (χ1) is 11.7. The Labute approximate surface area is 138 Å². The number of benzene rings is 2. The maximum Gasteiger partial charge on any atom is 0.275 e. The van der Waals surface area contributed by atoms with E-state index in [1.165, 1.54) is 12.1 Å². The van der Waals surface area contributed by atoms with E-state index < -0.39 is 0 Å². The molecule has 0 bridgehead atoms. The first-order valence-electron chi connectivity index (χ1n) is 7.82. The summed E-state index contributed by atoms with van der Waals surface area (Å²) in [7, 11) is 0. The first kappa shape index (κ1) is 14.8. The summed E-state index contributed by atoms with van der Waals surface area (Å²) in [5, 5.41) is 7.85. The topological polar surface area (TPSA) is 58.2 Å². The Balaban J connectivity index is 1.58. The van der Waals surface area contributed by atoms with E-state index in [1.807, 2.05) is 30.3 Å². The van der Waals surface area contributed by atoms with Crippen molar-refractivity contribution in [3.8, 4) is 0 Å². The fourth-order valence-corrected chi connectivity index (χ4v) is 3.02. The molecule has 0 unspecified atom stereocenters. The van der Waals surface area contributed by atoms with Gasteiger partial charge >= 0.3 is 0 Å². The van der Waals surface area contributed by atoms with Crippen molar-refractivity contribution in [3.05, 3.63) is 65.6 Å². The molecule has 5 nitrogen and oxygen atoms in total. The van der Waals surface area contributed by atoms with Gasteiger partial charge in [0, 0.05) is 11.9 Å². The van der Waals surface area contributed by atoms with E-state index in [0.29, 0.717) is 25.4 Å². The van der Waals surface area contributed by atoms with Crippen LogP contribution in [0.4, 0.5) is 4.39 Å². The number of halogens is 1. The van der Waals surface area contributed by atoms with Crippen molar-refractivity contribution in [2.45, 2.75) is 6.10 Å². The number of morpholine rings is 1. The molecule has 1 N–H and O–H groups in total. The average molecular weight is 325 g/mol. The molecule has 1 amide bonds.